The van der Waals surface area contributed by atoms with Crippen molar-refractivity contribution in [1.29, 1.82) is 0 Å². The molecule has 0 spiro atoms. The van der Waals surface area contributed by atoms with E-state index in [0.29, 0.717) is 35.9 Å². The van der Waals surface area contributed by atoms with E-state index in [9.17, 15) is 13.2 Å². The van der Waals surface area contributed by atoms with Crippen LogP contribution in [0.1, 0.15) is 16.7 Å². The number of anilines is 1. The smallest absolute Gasteiger partial charge is 0.364 e. The van der Waals surface area contributed by atoms with Crippen molar-refractivity contribution in [2.45, 2.75) is 19.3 Å². The molecule has 5 nitrogen and oxygen atoms in total. The number of nitrogens with zero attached hydrogens (tertiary/aromatic N) is 4. The van der Waals surface area contributed by atoms with Gasteiger partial charge in [0, 0.05) is 6.54 Å². The van der Waals surface area contributed by atoms with Gasteiger partial charge >= 0.3 is 6.18 Å². The van der Waals surface area contributed by atoms with Gasteiger partial charge in [0.25, 0.3) is 0 Å². The van der Waals surface area contributed by atoms with Gasteiger partial charge in [-0.2, -0.15) is 13.2 Å². The Kier molecular flexibility index (Phi) is 5.55. The second-order valence-electron chi connectivity index (χ2n) is 7.45. The molecule has 0 unspecified atom stereocenters. The summed E-state index contributed by atoms with van der Waals surface area (Å²) in [5.74, 6) is 1.18. The van der Waals surface area contributed by atoms with E-state index in [4.69, 9.17) is 9.97 Å². The van der Waals surface area contributed by atoms with Gasteiger partial charge in [-0.05, 0) is 34.7 Å². The second-order valence-corrected chi connectivity index (χ2v) is 8.40. The fraction of sp³-hybridized carbons (Fsp3) is 0.125. The lowest BCUT2D eigenvalue weighted by Gasteiger charge is -2.10. The minimum absolute atomic E-state index is 0.341. The van der Waals surface area contributed by atoms with Crippen molar-refractivity contribution in [3.8, 4) is 10.7 Å². The monoisotopic (exact) mass is 465 g/mol. The number of benzene rings is 2. The summed E-state index contributed by atoms with van der Waals surface area (Å²) in [5, 5.41) is 5.32. The number of imidazole rings is 1. The van der Waals surface area contributed by atoms with E-state index in [-0.39, 0.29) is 0 Å². The van der Waals surface area contributed by atoms with Crippen molar-refractivity contribution >= 4 is 28.3 Å². The molecule has 5 rings (SSSR count). The van der Waals surface area contributed by atoms with Crippen molar-refractivity contribution in [3.63, 3.8) is 0 Å². The fourth-order valence-corrected chi connectivity index (χ4v) is 4.13. The molecule has 0 saturated heterocycles. The van der Waals surface area contributed by atoms with Gasteiger partial charge in [-0.15, -0.1) is 11.3 Å². The lowest BCUT2D eigenvalue weighted by Crippen LogP contribution is -2.07. The van der Waals surface area contributed by atoms with Gasteiger partial charge in [-0.3, -0.25) is 0 Å². The number of nitrogens with one attached hydrogen (secondary N) is 1. The molecule has 9 heteroatoms. The molecule has 2 aromatic carbocycles. The molecule has 0 aliphatic heterocycles. The predicted octanol–water partition coefficient (Wildman–Crippen LogP) is 6.23. The van der Waals surface area contributed by atoms with E-state index in [1.165, 1.54) is 23.5 Å². The Labute approximate surface area is 191 Å². The summed E-state index contributed by atoms with van der Waals surface area (Å²) in [5.41, 5.74) is 2.38. The molecular formula is C24H18F3N5S. The van der Waals surface area contributed by atoms with E-state index < -0.39 is 11.7 Å². The van der Waals surface area contributed by atoms with Crippen LogP contribution >= 0.6 is 11.3 Å². The summed E-state index contributed by atoms with van der Waals surface area (Å²) in [6.45, 7) is 0.913. The Balaban J connectivity index is 1.50. The highest BCUT2D eigenvalue weighted by molar-refractivity contribution is 7.13. The Morgan fingerprint density at radius 1 is 0.879 bits per heavy atom. The van der Waals surface area contributed by atoms with Crippen molar-refractivity contribution < 1.29 is 13.2 Å². The van der Waals surface area contributed by atoms with Crippen molar-refractivity contribution in [3.05, 3.63) is 95.1 Å². The number of thiophene rings is 1. The molecule has 0 aliphatic carbocycles. The average molecular weight is 466 g/mol. The largest absolute Gasteiger partial charge is 0.416 e. The first-order valence-electron chi connectivity index (χ1n) is 10.2. The Morgan fingerprint density at radius 3 is 2.36 bits per heavy atom. The molecule has 3 aromatic heterocycles. The number of hydrogen-bond donors (Lipinski definition) is 1. The lowest BCUT2D eigenvalue weighted by molar-refractivity contribution is -0.137. The zero-order valence-corrected chi connectivity index (χ0v) is 18.1. The molecule has 0 fully saturated rings. The third kappa shape index (κ3) is 4.58. The molecule has 0 bridgehead atoms. The highest BCUT2D eigenvalue weighted by Crippen LogP contribution is 2.30. The summed E-state index contributed by atoms with van der Waals surface area (Å²) < 4.78 is 40.5. The van der Waals surface area contributed by atoms with E-state index in [2.05, 4.69) is 10.3 Å². The number of rotatable bonds is 6. The third-order valence-electron chi connectivity index (χ3n) is 5.14. The van der Waals surface area contributed by atoms with Crippen molar-refractivity contribution in [2.24, 2.45) is 0 Å². The minimum Gasteiger partial charge on any atom is -0.364 e. The van der Waals surface area contributed by atoms with Crippen molar-refractivity contribution in [1.82, 2.24) is 19.5 Å². The quantitative estimate of drug-likeness (QED) is 0.323. The van der Waals surface area contributed by atoms with Crippen LogP contribution in [0.25, 0.3) is 21.9 Å². The second kappa shape index (κ2) is 8.67. The van der Waals surface area contributed by atoms with Crippen LogP contribution in [-0.2, 0) is 19.3 Å². The standard InChI is InChI=1S/C24H18F3N5S/c25-24(26,27)18-10-8-17(9-11-18)14-32-15-29-20-22(28-13-16-5-2-1-3-6-16)30-21(31-23(20)32)19-7-4-12-33-19/h1-12,15H,13-14H2,(H,28,30,31). The summed E-state index contributed by atoms with van der Waals surface area (Å²) in [6, 6.07) is 19.0. The zero-order chi connectivity index (χ0) is 22.8. The van der Waals surface area contributed by atoms with Crippen LogP contribution in [0.5, 0.6) is 0 Å². The summed E-state index contributed by atoms with van der Waals surface area (Å²) >= 11 is 1.54. The first-order chi connectivity index (χ1) is 16.0. The molecule has 166 valence electrons. The highest BCUT2D eigenvalue weighted by atomic mass is 32.1. The van der Waals surface area contributed by atoms with Crippen LogP contribution in [0.4, 0.5) is 19.0 Å². The SMILES string of the molecule is FC(F)(F)c1ccc(Cn2cnc3c(NCc4ccccc4)nc(-c4cccs4)nc32)cc1. The van der Waals surface area contributed by atoms with E-state index >= 15 is 0 Å². The molecule has 0 radical (unpaired) electrons. The molecule has 3 heterocycles. The number of alkyl halides is 3. The van der Waals surface area contributed by atoms with Crippen LogP contribution in [0.3, 0.4) is 0 Å². The molecule has 0 saturated carbocycles. The fourth-order valence-electron chi connectivity index (χ4n) is 3.48. The molecule has 5 aromatic rings. The number of aromatic nitrogens is 4. The number of halogens is 3. The molecule has 0 atom stereocenters. The maximum atomic E-state index is 12.9. The maximum Gasteiger partial charge on any atom is 0.416 e. The van der Waals surface area contributed by atoms with E-state index in [1.807, 2.05) is 52.4 Å². The van der Waals surface area contributed by atoms with Crippen LogP contribution < -0.4 is 5.32 Å². The lowest BCUT2D eigenvalue weighted by atomic mass is 10.1. The topological polar surface area (TPSA) is 55.6 Å². The molecule has 33 heavy (non-hydrogen) atoms. The summed E-state index contributed by atoms with van der Waals surface area (Å²) in [4.78, 5) is 14.9. The zero-order valence-electron chi connectivity index (χ0n) is 17.3. The Hall–Kier alpha value is -3.72. The van der Waals surface area contributed by atoms with Gasteiger partial charge in [0.1, 0.15) is 5.52 Å². The van der Waals surface area contributed by atoms with Crippen LogP contribution in [-0.4, -0.2) is 19.5 Å². The van der Waals surface area contributed by atoms with Crippen LogP contribution in [0.2, 0.25) is 0 Å². The third-order valence-corrected chi connectivity index (χ3v) is 6.01. The minimum atomic E-state index is -4.36. The summed E-state index contributed by atoms with van der Waals surface area (Å²) in [7, 11) is 0. The molecule has 0 amide bonds. The molecular weight excluding hydrogens is 447 g/mol. The van der Waals surface area contributed by atoms with Crippen LogP contribution in [0.15, 0.2) is 78.4 Å². The number of fused-ring (bicyclic) bond motifs is 1. The highest BCUT2D eigenvalue weighted by Gasteiger charge is 2.30. The predicted molar refractivity (Wildman–Crippen MR) is 123 cm³/mol. The van der Waals surface area contributed by atoms with Gasteiger partial charge in [-0.25, -0.2) is 15.0 Å². The first-order valence-corrected chi connectivity index (χ1v) is 11.1. The van der Waals surface area contributed by atoms with Gasteiger partial charge < -0.3 is 9.88 Å². The normalized spacial score (nSPS) is 11.7. The van der Waals surface area contributed by atoms with Crippen molar-refractivity contribution in [2.75, 3.05) is 5.32 Å². The maximum absolute atomic E-state index is 12.9. The van der Waals surface area contributed by atoms with Gasteiger partial charge in [-0.1, -0.05) is 48.5 Å². The molecule has 1 N–H and O–H groups in total. The first kappa shape index (κ1) is 21.1. The van der Waals surface area contributed by atoms with Gasteiger partial charge in [0.05, 0.1) is 23.3 Å². The molecule has 0 aliphatic rings. The Morgan fingerprint density at radius 2 is 1.67 bits per heavy atom. The van der Waals surface area contributed by atoms with Gasteiger partial charge in [0.2, 0.25) is 0 Å². The van der Waals surface area contributed by atoms with E-state index in [0.717, 1.165) is 28.1 Å². The summed E-state index contributed by atoms with van der Waals surface area (Å²) in [6.07, 6.45) is -2.72. The van der Waals surface area contributed by atoms with Gasteiger partial charge in [0.15, 0.2) is 17.3 Å². The van der Waals surface area contributed by atoms with E-state index in [1.54, 1.807) is 6.33 Å². The Bertz CT molecular complexity index is 1360. The number of hydrogen-bond acceptors (Lipinski definition) is 5. The van der Waals surface area contributed by atoms with Crippen LogP contribution in [0, 0.1) is 0 Å². The average Bonchev–Trinajstić information content (AvgIpc) is 3.49.